The van der Waals surface area contributed by atoms with Crippen molar-refractivity contribution in [2.24, 2.45) is 0 Å². The minimum absolute atomic E-state index is 0.0148. The van der Waals surface area contributed by atoms with Crippen LogP contribution < -0.4 is 5.56 Å². The third kappa shape index (κ3) is 1.58. The van der Waals surface area contributed by atoms with Gasteiger partial charge in [0.2, 0.25) is 0 Å². The molecule has 0 fully saturated rings. The maximum Gasteiger partial charge on any atom is 0.259 e. The lowest BCUT2D eigenvalue weighted by molar-refractivity contribution is 0.853. The van der Waals surface area contributed by atoms with Gasteiger partial charge >= 0.3 is 0 Å². The van der Waals surface area contributed by atoms with Crippen LogP contribution in [0.15, 0.2) is 23.0 Å². The van der Waals surface area contributed by atoms with Gasteiger partial charge in [-0.3, -0.25) is 4.79 Å². The summed E-state index contributed by atoms with van der Waals surface area (Å²) in [6.07, 6.45) is 1.83. The van der Waals surface area contributed by atoms with Gasteiger partial charge in [-0.25, -0.2) is 4.98 Å². The van der Waals surface area contributed by atoms with Crippen molar-refractivity contribution in [1.82, 2.24) is 9.97 Å². The highest BCUT2D eigenvalue weighted by molar-refractivity contribution is 5.71. The molecule has 1 heterocycles. The summed E-state index contributed by atoms with van der Waals surface area (Å²) in [4.78, 5) is 19.3. The Morgan fingerprint density at radius 2 is 2.06 bits per heavy atom. The van der Waals surface area contributed by atoms with Crippen LogP contribution in [0.5, 0.6) is 0 Å². The Morgan fingerprint density at radius 1 is 1.24 bits per heavy atom. The third-order valence-electron chi connectivity index (χ3n) is 3.28. The number of aryl methyl sites for hydroxylation is 4. The predicted octanol–water partition coefficient (Wildman–Crippen LogP) is 2.15. The van der Waals surface area contributed by atoms with Gasteiger partial charge in [0.25, 0.3) is 5.56 Å². The lowest BCUT2D eigenvalue weighted by Gasteiger charge is -2.18. The van der Waals surface area contributed by atoms with Crippen molar-refractivity contribution in [2.75, 3.05) is 0 Å². The minimum atomic E-state index is -0.0148. The number of nitrogens with zero attached hydrogens (tertiary/aromatic N) is 1. The average molecular weight is 226 g/mol. The first-order valence-electron chi connectivity index (χ1n) is 5.85. The molecule has 0 atom stereocenters. The molecule has 1 aliphatic carbocycles. The number of aromatic amines is 1. The maximum atomic E-state index is 12.1. The smallest absolute Gasteiger partial charge is 0.259 e. The van der Waals surface area contributed by atoms with Crippen molar-refractivity contribution >= 4 is 0 Å². The van der Waals surface area contributed by atoms with Crippen LogP contribution in [0.2, 0.25) is 0 Å². The van der Waals surface area contributed by atoms with E-state index in [-0.39, 0.29) is 5.56 Å². The fourth-order valence-electron chi connectivity index (χ4n) is 2.50. The van der Waals surface area contributed by atoms with Gasteiger partial charge in [-0.05, 0) is 37.8 Å². The zero-order chi connectivity index (χ0) is 12.0. The number of hydrogen-bond donors (Lipinski definition) is 1. The molecule has 0 amide bonds. The van der Waals surface area contributed by atoms with E-state index in [2.05, 4.69) is 28.2 Å². The Balaban J connectivity index is 2.36. The van der Waals surface area contributed by atoms with Crippen molar-refractivity contribution in [1.29, 1.82) is 0 Å². The highest BCUT2D eigenvalue weighted by Gasteiger charge is 2.20. The Hall–Kier alpha value is -1.90. The predicted molar refractivity (Wildman–Crippen MR) is 67.2 cm³/mol. The van der Waals surface area contributed by atoms with Gasteiger partial charge in [0.1, 0.15) is 5.82 Å². The molecule has 3 nitrogen and oxygen atoms in total. The molecule has 1 N–H and O–H groups in total. The van der Waals surface area contributed by atoms with E-state index in [1.807, 2.05) is 13.8 Å². The van der Waals surface area contributed by atoms with E-state index in [0.717, 1.165) is 29.7 Å². The van der Waals surface area contributed by atoms with Crippen LogP contribution in [-0.2, 0) is 12.8 Å². The molecule has 3 heteroatoms. The van der Waals surface area contributed by atoms with Crippen molar-refractivity contribution in [2.45, 2.75) is 26.7 Å². The molecule has 17 heavy (non-hydrogen) atoms. The fourth-order valence-corrected chi connectivity index (χ4v) is 2.50. The van der Waals surface area contributed by atoms with E-state index in [4.69, 9.17) is 0 Å². The van der Waals surface area contributed by atoms with Gasteiger partial charge in [0.05, 0.1) is 11.3 Å². The molecule has 0 saturated carbocycles. The van der Waals surface area contributed by atoms with Crippen LogP contribution in [-0.4, -0.2) is 9.97 Å². The summed E-state index contributed by atoms with van der Waals surface area (Å²) in [6.45, 7) is 3.87. The van der Waals surface area contributed by atoms with Crippen LogP contribution in [0.25, 0.3) is 11.1 Å². The second-order valence-electron chi connectivity index (χ2n) is 4.63. The van der Waals surface area contributed by atoms with Crippen molar-refractivity contribution in [3.05, 3.63) is 51.2 Å². The van der Waals surface area contributed by atoms with Crippen molar-refractivity contribution in [3.63, 3.8) is 0 Å². The molecular formula is C14H14N2O. The van der Waals surface area contributed by atoms with Crippen LogP contribution in [0.1, 0.15) is 22.6 Å². The zero-order valence-electron chi connectivity index (χ0n) is 10.0. The largest absolute Gasteiger partial charge is 0.310 e. The second kappa shape index (κ2) is 3.55. The molecule has 0 spiro atoms. The van der Waals surface area contributed by atoms with Crippen LogP contribution in [0.3, 0.4) is 0 Å². The summed E-state index contributed by atoms with van der Waals surface area (Å²) < 4.78 is 0. The maximum absolute atomic E-state index is 12.1. The van der Waals surface area contributed by atoms with E-state index in [0.29, 0.717) is 5.82 Å². The summed E-state index contributed by atoms with van der Waals surface area (Å²) in [6, 6.07) is 6.30. The first-order valence-corrected chi connectivity index (χ1v) is 5.85. The van der Waals surface area contributed by atoms with Gasteiger partial charge < -0.3 is 4.98 Å². The molecule has 3 rings (SSSR count). The number of aromatic nitrogens is 2. The average Bonchev–Trinajstić information content (AvgIpc) is 2.27. The summed E-state index contributed by atoms with van der Waals surface area (Å²) in [5.74, 6) is 0.699. The third-order valence-corrected chi connectivity index (χ3v) is 3.28. The highest BCUT2D eigenvalue weighted by atomic mass is 16.1. The molecule has 1 aromatic heterocycles. The van der Waals surface area contributed by atoms with Gasteiger partial charge in [-0.15, -0.1) is 0 Å². The molecule has 0 aliphatic heterocycles. The molecule has 0 radical (unpaired) electrons. The Kier molecular flexibility index (Phi) is 2.15. The molecule has 0 saturated heterocycles. The van der Waals surface area contributed by atoms with Crippen LogP contribution >= 0.6 is 0 Å². The van der Waals surface area contributed by atoms with Crippen LogP contribution in [0.4, 0.5) is 0 Å². The van der Waals surface area contributed by atoms with Crippen LogP contribution in [0, 0.1) is 13.8 Å². The van der Waals surface area contributed by atoms with E-state index in [1.165, 1.54) is 11.1 Å². The minimum Gasteiger partial charge on any atom is -0.310 e. The summed E-state index contributed by atoms with van der Waals surface area (Å²) in [5.41, 5.74) is 5.17. The first-order chi connectivity index (χ1) is 8.15. The Bertz CT molecular complexity index is 656. The van der Waals surface area contributed by atoms with E-state index < -0.39 is 0 Å². The first kappa shape index (κ1) is 10.3. The molecule has 0 unspecified atom stereocenters. The van der Waals surface area contributed by atoms with Gasteiger partial charge in [0, 0.05) is 0 Å². The van der Waals surface area contributed by atoms with Crippen molar-refractivity contribution in [3.8, 4) is 11.1 Å². The SMILES string of the molecule is Cc1ccc2c(c1)-c1c(nc(C)[nH]c1=O)CC2. The second-order valence-corrected chi connectivity index (χ2v) is 4.63. The molecule has 86 valence electrons. The lowest BCUT2D eigenvalue weighted by atomic mass is 9.88. The molecule has 1 aromatic carbocycles. The number of nitrogens with one attached hydrogen (secondary N) is 1. The van der Waals surface area contributed by atoms with E-state index in [1.54, 1.807) is 0 Å². The van der Waals surface area contributed by atoms with Gasteiger partial charge in [-0.2, -0.15) is 0 Å². The molecule has 0 bridgehead atoms. The number of H-pyrrole nitrogens is 1. The molecular weight excluding hydrogens is 212 g/mol. The standard InChI is InChI=1S/C14H14N2O/c1-8-3-4-10-5-6-12-13(11(10)7-8)14(17)16-9(2)15-12/h3-4,7H,5-6H2,1-2H3,(H,15,16,17). The summed E-state index contributed by atoms with van der Waals surface area (Å²) in [5, 5.41) is 0. The van der Waals surface area contributed by atoms with E-state index >= 15 is 0 Å². The van der Waals surface area contributed by atoms with Crippen molar-refractivity contribution < 1.29 is 0 Å². The zero-order valence-corrected chi connectivity index (χ0v) is 10.0. The van der Waals surface area contributed by atoms with Gasteiger partial charge in [0.15, 0.2) is 0 Å². The fraction of sp³-hybridized carbons (Fsp3) is 0.286. The highest BCUT2D eigenvalue weighted by Crippen LogP contribution is 2.30. The topological polar surface area (TPSA) is 45.8 Å². The number of hydrogen-bond acceptors (Lipinski definition) is 2. The summed E-state index contributed by atoms with van der Waals surface area (Å²) >= 11 is 0. The van der Waals surface area contributed by atoms with E-state index in [9.17, 15) is 4.79 Å². The number of benzene rings is 1. The molecule has 2 aromatic rings. The van der Waals surface area contributed by atoms with Gasteiger partial charge in [-0.1, -0.05) is 23.8 Å². The quantitative estimate of drug-likeness (QED) is 0.748. The molecule has 1 aliphatic rings. The Morgan fingerprint density at radius 3 is 2.88 bits per heavy atom. The number of fused-ring (bicyclic) bond motifs is 3. The Labute approximate surface area is 99.5 Å². The number of rotatable bonds is 0. The monoisotopic (exact) mass is 226 g/mol. The summed E-state index contributed by atoms with van der Waals surface area (Å²) in [7, 11) is 0. The lowest BCUT2D eigenvalue weighted by Crippen LogP contribution is -2.20. The normalized spacial score (nSPS) is 13.1.